The third-order valence-electron chi connectivity index (χ3n) is 3.03. The van der Waals surface area contributed by atoms with Crippen LogP contribution in [0.5, 0.6) is 11.5 Å². The zero-order chi connectivity index (χ0) is 13.1. The Kier molecular flexibility index (Phi) is 3.75. The second kappa shape index (κ2) is 5.29. The number of nitrogens with zero attached hydrogens (tertiary/aromatic N) is 1. The topological polar surface area (TPSA) is 38.8 Å². The van der Waals surface area contributed by atoms with Gasteiger partial charge in [0.1, 0.15) is 6.61 Å². The van der Waals surface area contributed by atoms with Crippen LogP contribution in [0.15, 0.2) is 24.3 Å². The minimum absolute atomic E-state index is 0.0120. The second-order valence-electron chi connectivity index (χ2n) is 4.58. The van der Waals surface area contributed by atoms with Gasteiger partial charge < -0.3 is 14.4 Å². The number of benzene rings is 1. The zero-order valence-electron chi connectivity index (χ0n) is 11.1. The van der Waals surface area contributed by atoms with Crippen molar-refractivity contribution in [3.05, 3.63) is 24.3 Å². The van der Waals surface area contributed by atoms with E-state index in [1.165, 1.54) is 0 Å². The number of ether oxygens (including phenoxy) is 2. The molecule has 0 saturated carbocycles. The van der Waals surface area contributed by atoms with Gasteiger partial charge in [0.25, 0.3) is 5.91 Å². The van der Waals surface area contributed by atoms with E-state index in [9.17, 15) is 4.79 Å². The van der Waals surface area contributed by atoms with Crippen molar-refractivity contribution in [2.24, 2.45) is 0 Å². The van der Waals surface area contributed by atoms with Crippen LogP contribution in [0.25, 0.3) is 0 Å². The summed E-state index contributed by atoms with van der Waals surface area (Å²) in [5, 5.41) is 0. The molecule has 0 aromatic heterocycles. The molecular weight excluding hydrogens is 230 g/mol. The fraction of sp³-hybridized carbons (Fsp3) is 0.500. The molecule has 0 N–H and O–H groups in total. The van der Waals surface area contributed by atoms with E-state index in [0.717, 1.165) is 0 Å². The standard InChI is InChI=1S/C14H19NO3/c1-4-15(10(2)3)14(16)13-9-17-11-7-5-6-8-12(11)18-13/h5-8,10,13H,4,9H2,1-3H3. The summed E-state index contributed by atoms with van der Waals surface area (Å²) in [4.78, 5) is 14.1. The molecule has 1 heterocycles. The van der Waals surface area contributed by atoms with Gasteiger partial charge in [0, 0.05) is 12.6 Å². The van der Waals surface area contributed by atoms with Crippen LogP contribution in [0.1, 0.15) is 20.8 Å². The van der Waals surface area contributed by atoms with Gasteiger partial charge in [-0.15, -0.1) is 0 Å². The highest BCUT2D eigenvalue weighted by molar-refractivity contribution is 5.82. The molecule has 98 valence electrons. The number of carbonyl (C=O) groups excluding carboxylic acids is 1. The summed E-state index contributed by atoms with van der Waals surface area (Å²) in [6, 6.07) is 7.59. The van der Waals surface area contributed by atoms with Crippen molar-refractivity contribution in [3.8, 4) is 11.5 Å². The number of carbonyl (C=O) groups is 1. The first-order chi connectivity index (χ1) is 8.63. The SMILES string of the molecule is CCN(C(=O)C1COc2ccccc2O1)C(C)C. The van der Waals surface area contributed by atoms with Crippen molar-refractivity contribution in [2.45, 2.75) is 32.9 Å². The molecule has 0 bridgehead atoms. The molecule has 2 rings (SSSR count). The predicted molar refractivity (Wildman–Crippen MR) is 68.9 cm³/mol. The highest BCUT2D eigenvalue weighted by atomic mass is 16.6. The van der Waals surface area contributed by atoms with E-state index < -0.39 is 6.10 Å². The third kappa shape index (κ3) is 2.42. The molecule has 1 unspecified atom stereocenters. The van der Waals surface area contributed by atoms with E-state index in [1.807, 2.05) is 45.0 Å². The Morgan fingerprint density at radius 1 is 1.39 bits per heavy atom. The highest BCUT2D eigenvalue weighted by Crippen LogP contribution is 2.31. The molecule has 1 aliphatic heterocycles. The molecule has 1 aromatic carbocycles. The molecule has 1 amide bonds. The number of likely N-dealkylation sites (N-methyl/N-ethyl adjacent to an activating group) is 1. The van der Waals surface area contributed by atoms with Gasteiger partial charge in [0.05, 0.1) is 0 Å². The molecule has 0 aliphatic carbocycles. The summed E-state index contributed by atoms with van der Waals surface area (Å²) < 4.78 is 11.3. The number of para-hydroxylation sites is 2. The maximum absolute atomic E-state index is 12.3. The Balaban J connectivity index is 2.11. The van der Waals surface area contributed by atoms with Gasteiger partial charge in [0.2, 0.25) is 6.10 Å². The summed E-state index contributed by atoms with van der Waals surface area (Å²) in [5.41, 5.74) is 0. The molecule has 0 saturated heterocycles. The van der Waals surface area contributed by atoms with Crippen LogP contribution in [-0.4, -0.2) is 36.1 Å². The van der Waals surface area contributed by atoms with Gasteiger partial charge in [-0.1, -0.05) is 12.1 Å². The van der Waals surface area contributed by atoms with Gasteiger partial charge >= 0.3 is 0 Å². The second-order valence-corrected chi connectivity index (χ2v) is 4.58. The molecule has 0 spiro atoms. The minimum atomic E-state index is -0.540. The third-order valence-corrected chi connectivity index (χ3v) is 3.03. The van der Waals surface area contributed by atoms with Gasteiger partial charge in [-0.05, 0) is 32.9 Å². The maximum atomic E-state index is 12.3. The van der Waals surface area contributed by atoms with E-state index in [1.54, 1.807) is 4.90 Å². The van der Waals surface area contributed by atoms with E-state index in [-0.39, 0.29) is 18.6 Å². The van der Waals surface area contributed by atoms with Crippen molar-refractivity contribution in [1.82, 2.24) is 4.90 Å². The van der Waals surface area contributed by atoms with Crippen LogP contribution >= 0.6 is 0 Å². The van der Waals surface area contributed by atoms with Gasteiger partial charge in [0.15, 0.2) is 11.5 Å². The molecule has 0 radical (unpaired) electrons. The quantitative estimate of drug-likeness (QED) is 0.823. The molecule has 4 heteroatoms. The normalized spacial score (nSPS) is 17.7. The highest BCUT2D eigenvalue weighted by Gasteiger charge is 2.31. The molecule has 1 atom stereocenters. The number of rotatable bonds is 3. The zero-order valence-corrected chi connectivity index (χ0v) is 11.1. The summed E-state index contributed by atoms with van der Waals surface area (Å²) in [6.07, 6.45) is -0.540. The van der Waals surface area contributed by atoms with Crippen molar-refractivity contribution in [3.63, 3.8) is 0 Å². The van der Waals surface area contributed by atoms with Crippen LogP contribution in [0.4, 0.5) is 0 Å². The Bertz CT molecular complexity index is 431. The van der Waals surface area contributed by atoms with Crippen LogP contribution in [0.3, 0.4) is 0 Å². The first-order valence-electron chi connectivity index (χ1n) is 6.32. The summed E-state index contributed by atoms with van der Waals surface area (Å²) >= 11 is 0. The smallest absolute Gasteiger partial charge is 0.267 e. The Morgan fingerprint density at radius 3 is 2.67 bits per heavy atom. The van der Waals surface area contributed by atoms with Crippen LogP contribution < -0.4 is 9.47 Å². The van der Waals surface area contributed by atoms with E-state index in [4.69, 9.17) is 9.47 Å². The fourth-order valence-corrected chi connectivity index (χ4v) is 2.10. The van der Waals surface area contributed by atoms with E-state index in [2.05, 4.69) is 0 Å². The molecule has 1 aromatic rings. The van der Waals surface area contributed by atoms with Crippen molar-refractivity contribution in [2.75, 3.05) is 13.2 Å². The number of amides is 1. The summed E-state index contributed by atoms with van der Waals surface area (Å²) in [7, 11) is 0. The first kappa shape index (κ1) is 12.7. The van der Waals surface area contributed by atoms with E-state index >= 15 is 0 Å². The van der Waals surface area contributed by atoms with Crippen molar-refractivity contribution < 1.29 is 14.3 Å². The average Bonchev–Trinajstić information content (AvgIpc) is 2.38. The summed E-state index contributed by atoms with van der Waals surface area (Å²) in [5.74, 6) is 1.33. The maximum Gasteiger partial charge on any atom is 0.267 e. The molecule has 18 heavy (non-hydrogen) atoms. The molecular formula is C14H19NO3. The van der Waals surface area contributed by atoms with Crippen molar-refractivity contribution in [1.29, 1.82) is 0 Å². The molecule has 4 nitrogen and oxygen atoms in total. The lowest BCUT2D eigenvalue weighted by Gasteiger charge is -2.32. The van der Waals surface area contributed by atoms with E-state index in [0.29, 0.717) is 18.0 Å². The summed E-state index contributed by atoms with van der Waals surface area (Å²) in [6.45, 7) is 6.92. The number of hydrogen-bond donors (Lipinski definition) is 0. The van der Waals surface area contributed by atoms with Gasteiger partial charge in [-0.3, -0.25) is 4.79 Å². The van der Waals surface area contributed by atoms with Crippen LogP contribution in [0, 0.1) is 0 Å². The minimum Gasteiger partial charge on any atom is -0.485 e. The Labute approximate surface area is 107 Å². The largest absolute Gasteiger partial charge is 0.485 e. The first-order valence-corrected chi connectivity index (χ1v) is 6.32. The van der Waals surface area contributed by atoms with Crippen LogP contribution in [-0.2, 0) is 4.79 Å². The van der Waals surface area contributed by atoms with Crippen LogP contribution in [0.2, 0.25) is 0 Å². The average molecular weight is 249 g/mol. The lowest BCUT2D eigenvalue weighted by Crippen LogP contribution is -2.48. The van der Waals surface area contributed by atoms with Gasteiger partial charge in [-0.2, -0.15) is 0 Å². The lowest BCUT2D eigenvalue weighted by atomic mass is 10.2. The predicted octanol–water partition coefficient (Wildman–Crippen LogP) is 2.08. The fourth-order valence-electron chi connectivity index (χ4n) is 2.10. The lowest BCUT2D eigenvalue weighted by molar-refractivity contribution is -0.142. The monoisotopic (exact) mass is 249 g/mol. The molecule has 1 aliphatic rings. The number of fused-ring (bicyclic) bond motifs is 1. The number of hydrogen-bond acceptors (Lipinski definition) is 3. The Hall–Kier alpha value is -1.71. The Morgan fingerprint density at radius 2 is 2.06 bits per heavy atom. The van der Waals surface area contributed by atoms with Gasteiger partial charge in [-0.25, -0.2) is 0 Å². The molecule has 0 fully saturated rings. The van der Waals surface area contributed by atoms with Crippen molar-refractivity contribution >= 4 is 5.91 Å².